The molecule has 10 nitrogen and oxygen atoms in total. The number of pyridine rings is 1. The van der Waals surface area contributed by atoms with E-state index < -0.39 is 21.8 Å². The number of carbonyl (C=O) groups excluding carboxylic acids is 2. The van der Waals surface area contributed by atoms with Crippen LogP contribution >= 0.6 is 0 Å². The van der Waals surface area contributed by atoms with Crippen LogP contribution in [0.4, 0.5) is 5.69 Å². The zero-order chi connectivity index (χ0) is 21.8. The van der Waals surface area contributed by atoms with Gasteiger partial charge in [0.25, 0.3) is 0 Å². The molecule has 2 aromatic rings. The topological polar surface area (TPSA) is 127 Å². The number of ether oxygens (including phenoxy) is 2. The van der Waals surface area contributed by atoms with Crippen LogP contribution in [0.1, 0.15) is 12.8 Å². The summed E-state index contributed by atoms with van der Waals surface area (Å²) < 4.78 is 37.2. The summed E-state index contributed by atoms with van der Waals surface area (Å²) in [6, 6.07) is 7.98. The summed E-state index contributed by atoms with van der Waals surface area (Å²) in [6.07, 6.45) is 4.03. The van der Waals surface area contributed by atoms with Gasteiger partial charge in [-0.25, -0.2) is 8.42 Å². The number of nitrogens with zero attached hydrogens (tertiary/aromatic N) is 2. The minimum absolute atomic E-state index is 0.0858. The molecule has 0 saturated carbocycles. The Labute approximate surface area is 179 Å². The summed E-state index contributed by atoms with van der Waals surface area (Å²) in [5.41, 5.74) is 0.429. The van der Waals surface area contributed by atoms with Gasteiger partial charge in [0.05, 0.1) is 0 Å². The Morgan fingerprint density at radius 3 is 2.61 bits per heavy atom. The van der Waals surface area contributed by atoms with Gasteiger partial charge in [-0.05, 0) is 43.0 Å². The van der Waals surface area contributed by atoms with E-state index in [2.05, 4.69) is 15.6 Å². The Kier molecular flexibility index (Phi) is 6.05. The van der Waals surface area contributed by atoms with Gasteiger partial charge in [-0.1, -0.05) is 0 Å². The van der Waals surface area contributed by atoms with E-state index in [-0.39, 0.29) is 17.6 Å². The highest BCUT2D eigenvalue weighted by molar-refractivity contribution is 7.89. The molecular weight excluding hydrogens is 424 g/mol. The maximum atomic E-state index is 12.6. The van der Waals surface area contributed by atoms with Crippen LogP contribution in [0.2, 0.25) is 0 Å². The first-order valence-corrected chi connectivity index (χ1v) is 11.3. The molecule has 0 bridgehead atoms. The fourth-order valence-corrected chi connectivity index (χ4v) is 4.92. The van der Waals surface area contributed by atoms with Gasteiger partial charge in [-0.3, -0.25) is 14.6 Å². The molecule has 1 fully saturated rings. The van der Waals surface area contributed by atoms with E-state index in [4.69, 9.17) is 9.47 Å². The van der Waals surface area contributed by atoms with Crippen molar-refractivity contribution >= 4 is 27.5 Å². The van der Waals surface area contributed by atoms with E-state index in [9.17, 15) is 18.0 Å². The van der Waals surface area contributed by atoms with Crippen LogP contribution in [0.3, 0.4) is 0 Å². The summed E-state index contributed by atoms with van der Waals surface area (Å²) in [6.45, 7) is 1.12. The number of benzene rings is 1. The van der Waals surface area contributed by atoms with E-state index >= 15 is 0 Å². The summed E-state index contributed by atoms with van der Waals surface area (Å²) in [5.74, 6) is -0.355. The molecule has 1 saturated heterocycles. The largest absolute Gasteiger partial charge is 0.454 e. The van der Waals surface area contributed by atoms with Crippen molar-refractivity contribution in [2.45, 2.75) is 17.7 Å². The highest BCUT2D eigenvalue weighted by Gasteiger charge is 2.30. The molecule has 31 heavy (non-hydrogen) atoms. The quantitative estimate of drug-likeness (QED) is 0.655. The van der Waals surface area contributed by atoms with Gasteiger partial charge in [0.15, 0.2) is 11.5 Å². The van der Waals surface area contributed by atoms with Crippen molar-refractivity contribution in [3.63, 3.8) is 0 Å². The van der Waals surface area contributed by atoms with Crippen LogP contribution in [0.25, 0.3) is 0 Å². The summed E-state index contributed by atoms with van der Waals surface area (Å²) in [5, 5.41) is 5.15. The van der Waals surface area contributed by atoms with Crippen LogP contribution in [0, 0.1) is 5.92 Å². The Morgan fingerprint density at radius 1 is 1.10 bits per heavy atom. The van der Waals surface area contributed by atoms with Gasteiger partial charge in [-0.15, -0.1) is 0 Å². The van der Waals surface area contributed by atoms with Crippen LogP contribution in [-0.4, -0.2) is 55.9 Å². The maximum absolute atomic E-state index is 12.6. The van der Waals surface area contributed by atoms with Gasteiger partial charge < -0.3 is 20.1 Å². The molecular formula is C20H22N4O6S. The molecule has 4 rings (SSSR count). The van der Waals surface area contributed by atoms with Gasteiger partial charge in [0.1, 0.15) is 4.90 Å². The van der Waals surface area contributed by atoms with Gasteiger partial charge in [-0.2, -0.15) is 4.31 Å². The molecule has 2 N–H and O–H groups in total. The summed E-state index contributed by atoms with van der Waals surface area (Å²) in [4.78, 5) is 28.3. The fraction of sp³-hybridized carbons (Fsp3) is 0.350. The third-order valence-corrected chi connectivity index (χ3v) is 7.12. The van der Waals surface area contributed by atoms with Gasteiger partial charge in [0, 0.05) is 43.8 Å². The Hall–Kier alpha value is -3.18. The van der Waals surface area contributed by atoms with Crippen LogP contribution in [0.15, 0.2) is 47.6 Å². The number of hydrogen-bond acceptors (Lipinski definition) is 7. The number of amides is 2. The first kappa shape index (κ1) is 21.1. The maximum Gasteiger partial charge on any atom is 0.313 e. The van der Waals surface area contributed by atoms with Gasteiger partial charge >= 0.3 is 11.8 Å². The lowest BCUT2D eigenvalue weighted by Crippen LogP contribution is -2.43. The van der Waals surface area contributed by atoms with Gasteiger partial charge in [0.2, 0.25) is 16.8 Å². The van der Waals surface area contributed by atoms with E-state index in [1.165, 1.54) is 22.8 Å². The molecule has 1 aromatic carbocycles. The third kappa shape index (κ3) is 4.78. The predicted molar refractivity (Wildman–Crippen MR) is 110 cm³/mol. The molecule has 164 valence electrons. The van der Waals surface area contributed by atoms with Crippen molar-refractivity contribution in [1.82, 2.24) is 14.6 Å². The molecule has 2 aliphatic heterocycles. The fourth-order valence-electron chi connectivity index (χ4n) is 3.48. The Bertz CT molecular complexity index is 1070. The van der Waals surface area contributed by atoms with Crippen LogP contribution in [0.5, 0.6) is 11.5 Å². The number of piperidine rings is 1. The van der Waals surface area contributed by atoms with E-state index in [0.29, 0.717) is 49.7 Å². The number of carbonyl (C=O) groups is 2. The average Bonchev–Trinajstić information content (AvgIpc) is 3.26. The monoisotopic (exact) mass is 446 g/mol. The Balaban J connectivity index is 1.24. The number of hydrogen-bond donors (Lipinski definition) is 2. The number of anilines is 1. The highest BCUT2D eigenvalue weighted by Crippen LogP contribution is 2.34. The van der Waals surface area contributed by atoms with Crippen molar-refractivity contribution in [2.24, 2.45) is 5.92 Å². The lowest BCUT2D eigenvalue weighted by molar-refractivity contribution is -0.136. The van der Waals surface area contributed by atoms with Crippen LogP contribution < -0.4 is 20.1 Å². The molecule has 2 amide bonds. The molecule has 0 atom stereocenters. The normalized spacial score (nSPS) is 16.6. The summed E-state index contributed by atoms with van der Waals surface area (Å²) in [7, 11) is -3.57. The van der Waals surface area contributed by atoms with Crippen molar-refractivity contribution < 1.29 is 27.5 Å². The molecule has 1 aromatic heterocycles. The van der Waals surface area contributed by atoms with E-state index in [0.717, 1.165) is 0 Å². The number of nitrogens with one attached hydrogen (secondary N) is 2. The second-order valence-electron chi connectivity index (χ2n) is 7.27. The second kappa shape index (κ2) is 8.90. The number of fused-ring (bicyclic) bond motifs is 1. The lowest BCUT2D eigenvalue weighted by Gasteiger charge is -2.31. The number of sulfonamides is 1. The van der Waals surface area contributed by atoms with Crippen molar-refractivity contribution in [3.8, 4) is 11.5 Å². The minimum atomic E-state index is -3.57. The zero-order valence-electron chi connectivity index (χ0n) is 16.6. The highest BCUT2D eigenvalue weighted by atomic mass is 32.2. The van der Waals surface area contributed by atoms with E-state index in [1.807, 2.05) is 0 Å². The smallest absolute Gasteiger partial charge is 0.313 e. The predicted octanol–water partition coefficient (Wildman–Crippen LogP) is 0.966. The number of aromatic nitrogens is 1. The average molecular weight is 446 g/mol. The summed E-state index contributed by atoms with van der Waals surface area (Å²) >= 11 is 0. The zero-order valence-corrected chi connectivity index (χ0v) is 17.4. The standard InChI is InChI=1S/C20H22N4O6S/c25-19(20(26)23-15-3-4-17-18(10-15)30-13-29-17)22-11-14-5-8-24(9-6-14)31(27,28)16-2-1-7-21-12-16/h1-4,7,10,12,14H,5-6,8-9,11,13H2,(H,22,25)(H,23,26). The SMILES string of the molecule is O=C(NCC1CCN(S(=O)(=O)c2cccnc2)CC1)C(=O)Nc1ccc2c(c1)OCO2. The molecule has 2 aliphatic rings. The molecule has 0 aliphatic carbocycles. The lowest BCUT2D eigenvalue weighted by atomic mass is 9.98. The van der Waals surface area contributed by atoms with Crippen molar-refractivity contribution in [2.75, 3.05) is 31.7 Å². The molecule has 0 unspecified atom stereocenters. The number of rotatable bonds is 5. The molecule has 0 radical (unpaired) electrons. The molecule has 0 spiro atoms. The second-order valence-corrected chi connectivity index (χ2v) is 9.21. The first-order chi connectivity index (χ1) is 14.9. The van der Waals surface area contributed by atoms with Crippen molar-refractivity contribution in [1.29, 1.82) is 0 Å². The molecule has 11 heteroatoms. The molecule has 3 heterocycles. The minimum Gasteiger partial charge on any atom is -0.454 e. The van der Waals surface area contributed by atoms with Crippen molar-refractivity contribution in [3.05, 3.63) is 42.7 Å². The first-order valence-electron chi connectivity index (χ1n) is 9.82. The third-order valence-electron chi connectivity index (χ3n) is 5.23. The van der Waals surface area contributed by atoms with E-state index in [1.54, 1.807) is 24.3 Å². The Morgan fingerprint density at radius 2 is 1.87 bits per heavy atom. The van der Waals surface area contributed by atoms with Crippen LogP contribution in [-0.2, 0) is 19.6 Å².